The lowest BCUT2D eigenvalue weighted by Crippen LogP contribution is -2.39. The zero-order valence-corrected chi connectivity index (χ0v) is 16.8. The smallest absolute Gasteiger partial charge is 0.270 e. The molecule has 0 radical (unpaired) electrons. The molecule has 0 bridgehead atoms. The summed E-state index contributed by atoms with van der Waals surface area (Å²) in [7, 11) is -4.32. The number of ether oxygens (including phenoxy) is 1. The highest BCUT2D eigenvalue weighted by Gasteiger charge is 2.42. The Labute approximate surface area is 166 Å². The quantitative estimate of drug-likeness (QED) is 0.458. The van der Waals surface area contributed by atoms with Crippen molar-refractivity contribution in [2.45, 2.75) is 6.43 Å². The molecule has 1 aliphatic heterocycles. The Morgan fingerprint density at radius 1 is 1.38 bits per heavy atom. The van der Waals surface area contributed by atoms with Crippen LogP contribution in [-0.2, 0) is 14.8 Å². The summed E-state index contributed by atoms with van der Waals surface area (Å²) in [5.74, 6) is 2.26. The molecule has 0 amide bonds. The first-order chi connectivity index (χ1) is 12.4. The number of aromatic nitrogens is 1. The van der Waals surface area contributed by atoms with E-state index >= 15 is 0 Å². The van der Waals surface area contributed by atoms with Crippen LogP contribution in [0.3, 0.4) is 0 Å². The molecule has 0 saturated carbocycles. The Morgan fingerprint density at radius 3 is 2.77 bits per heavy atom. The number of hydrogen-bond acceptors (Lipinski definition) is 5. The van der Waals surface area contributed by atoms with Crippen molar-refractivity contribution < 1.29 is 21.9 Å². The van der Waals surface area contributed by atoms with E-state index in [1.54, 1.807) is 24.3 Å². The molecule has 1 aliphatic rings. The van der Waals surface area contributed by atoms with E-state index in [9.17, 15) is 17.2 Å². The number of hydrogen-bond donors (Lipinski definition) is 0. The molecular weight excluding hydrogens is 497 g/mol. The second-order valence-corrected chi connectivity index (χ2v) is 8.88. The Kier molecular flexibility index (Phi) is 5.50. The third kappa shape index (κ3) is 3.30. The summed E-state index contributed by atoms with van der Waals surface area (Å²) >= 11 is 3.09. The van der Waals surface area contributed by atoms with Crippen molar-refractivity contribution in [2.75, 3.05) is 17.5 Å². The predicted molar refractivity (Wildman–Crippen MR) is 105 cm³/mol. The van der Waals surface area contributed by atoms with Crippen LogP contribution in [0.4, 0.5) is 14.6 Å². The molecule has 10 heteroatoms. The molecule has 5 nitrogen and oxygen atoms in total. The predicted octanol–water partition coefficient (Wildman–Crippen LogP) is 3.64. The van der Waals surface area contributed by atoms with Gasteiger partial charge in [0.05, 0.1) is 12.1 Å². The number of sulfonamides is 1. The minimum absolute atomic E-state index is 0.0371. The van der Waals surface area contributed by atoms with Crippen LogP contribution in [0, 0.1) is 15.9 Å². The van der Waals surface area contributed by atoms with Gasteiger partial charge in [-0.1, -0.05) is 24.1 Å². The first-order valence-electron chi connectivity index (χ1n) is 7.18. The van der Waals surface area contributed by atoms with Gasteiger partial charge in [-0.2, -0.15) is 0 Å². The monoisotopic (exact) mass is 508 g/mol. The SMILES string of the molecule is C#CCOC1=C(c2ccccc2I)S(=O)(=O)N(CC(F)F)c2ncsc21. The minimum atomic E-state index is -4.32. The van der Waals surface area contributed by atoms with Crippen LogP contribution in [0.1, 0.15) is 10.4 Å². The lowest BCUT2D eigenvalue weighted by atomic mass is 10.2. The standard InChI is InChI=1S/C16H11F2IN2O3S2/c1-2-7-24-13-14-16(20-9-25-14)21(8-12(17)18)26(22,23)15(13)10-5-3-4-6-11(10)19/h1,3-6,9,12H,7-8H2. The number of benzene rings is 1. The van der Waals surface area contributed by atoms with Gasteiger partial charge in [-0.05, 0) is 28.7 Å². The zero-order chi connectivity index (χ0) is 18.9. The van der Waals surface area contributed by atoms with Crippen LogP contribution >= 0.6 is 33.9 Å². The zero-order valence-electron chi connectivity index (χ0n) is 13.0. The number of terminal acetylenes is 1. The van der Waals surface area contributed by atoms with Crippen molar-refractivity contribution in [1.82, 2.24) is 4.98 Å². The summed E-state index contributed by atoms with van der Waals surface area (Å²) in [4.78, 5) is 4.13. The summed E-state index contributed by atoms with van der Waals surface area (Å²) < 4.78 is 59.3. The number of fused-ring (bicyclic) bond motifs is 1. The highest BCUT2D eigenvalue weighted by atomic mass is 127. The fraction of sp³-hybridized carbons (Fsp3) is 0.188. The summed E-state index contributed by atoms with van der Waals surface area (Å²) in [5.41, 5.74) is 1.75. The second-order valence-electron chi connectivity index (χ2n) is 5.06. The van der Waals surface area contributed by atoms with Crippen molar-refractivity contribution in [2.24, 2.45) is 0 Å². The number of rotatable bonds is 5. The van der Waals surface area contributed by atoms with Gasteiger partial charge in [0.25, 0.3) is 16.4 Å². The summed E-state index contributed by atoms with van der Waals surface area (Å²) in [5, 5.41) is 0. The van der Waals surface area contributed by atoms with Gasteiger partial charge in [0.15, 0.2) is 11.6 Å². The Hall–Kier alpha value is -1.71. The van der Waals surface area contributed by atoms with Gasteiger partial charge in [0, 0.05) is 9.13 Å². The van der Waals surface area contributed by atoms with E-state index in [0.29, 0.717) is 18.3 Å². The number of anilines is 1. The molecule has 0 saturated heterocycles. The van der Waals surface area contributed by atoms with Crippen LogP contribution in [0.2, 0.25) is 0 Å². The van der Waals surface area contributed by atoms with Crippen LogP contribution in [0.25, 0.3) is 10.7 Å². The largest absolute Gasteiger partial charge is 0.478 e. The average molecular weight is 508 g/mol. The number of halogens is 3. The fourth-order valence-electron chi connectivity index (χ4n) is 2.48. The molecule has 0 N–H and O–H groups in total. The average Bonchev–Trinajstić information content (AvgIpc) is 3.05. The fourth-order valence-corrected chi connectivity index (χ4v) is 5.98. The van der Waals surface area contributed by atoms with E-state index in [4.69, 9.17) is 11.2 Å². The maximum atomic E-state index is 13.2. The van der Waals surface area contributed by atoms with Gasteiger partial charge in [0.1, 0.15) is 16.4 Å². The van der Waals surface area contributed by atoms with Crippen LogP contribution in [0.5, 0.6) is 0 Å². The molecule has 0 unspecified atom stereocenters. The van der Waals surface area contributed by atoms with Gasteiger partial charge in [-0.25, -0.2) is 26.5 Å². The maximum absolute atomic E-state index is 13.2. The van der Waals surface area contributed by atoms with Crippen molar-refractivity contribution in [3.8, 4) is 12.3 Å². The van der Waals surface area contributed by atoms with Gasteiger partial charge in [-0.15, -0.1) is 17.8 Å². The van der Waals surface area contributed by atoms with E-state index in [1.807, 2.05) is 22.6 Å². The molecule has 3 rings (SSSR count). The number of nitrogens with zero attached hydrogens (tertiary/aromatic N) is 2. The van der Waals surface area contributed by atoms with Gasteiger partial charge in [-0.3, -0.25) is 0 Å². The van der Waals surface area contributed by atoms with Crippen LogP contribution < -0.4 is 4.31 Å². The highest BCUT2D eigenvalue weighted by Crippen LogP contribution is 2.46. The Bertz CT molecular complexity index is 1010. The molecule has 0 aliphatic carbocycles. The first kappa shape index (κ1) is 19.1. The molecule has 1 aromatic carbocycles. The van der Waals surface area contributed by atoms with E-state index in [1.165, 1.54) is 5.51 Å². The van der Waals surface area contributed by atoms with E-state index < -0.39 is 23.0 Å². The molecule has 2 aromatic rings. The molecule has 2 heterocycles. The third-order valence-corrected chi connectivity index (χ3v) is 7.05. The van der Waals surface area contributed by atoms with Crippen molar-refractivity contribution in [1.29, 1.82) is 0 Å². The second kappa shape index (κ2) is 7.50. The molecule has 0 fully saturated rings. The molecule has 0 spiro atoms. The van der Waals surface area contributed by atoms with Gasteiger partial charge in [0.2, 0.25) is 0 Å². The van der Waals surface area contributed by atoms with Crippen molar-refractivity contribution in [3.63, 3.8) is 0 Å². The van der Waals surface area contributed by atoms with Gasteiger partial charge < -0.3 is 4.74 Å². The molecule has 1 aromatic heterocycles. The Balaban J connectivity index is 2.33. The number of alkyl halides is 2. The minimum Gasteiger partial charge on any atom is -0.478 e. The van der Waals surface area contributed by atoms with Crippen LogP contribution in [0.15, 0.2) is 29.8 Å². The lowest BCUT2D eigenvalue weighted by molar-refractivity contribution is 0.159. The maximum Gasteiger partial charge on any atom is 0.270 e. The van der Waals surface area contributed by atoms with E-state index in [2.05, 4.69) is 10.9 Å². The van der Waals surface area contributed by atoms with Crippen molar-refractivity contribution in [3.05, 3.63) is 43.8 Å². The highest BCUT2D eigenvalue weighted by molar-refractivity contribution is 14.1. The normalized spacial score (nSPS) is 15.7. The summed E-state index contributed by atoms with van der Waals surface area (Å²) in [6.07, 6.45) is 2.39. The van der Waals surface area contributed by atoms with E-state index in [-0.39, 0.29) is 23.1 Å². The third-order valence-electron chi connectivity index (χ3n) is 3.47. The Morgan fingerprint density at radius 2 is 2.12 bits per heavy atom. The number of thiazole rings is 1. The first-order valence-corrected chi connectivity index (χ1v) is 10.6. The van der Waals surface area contributed by atoms with Gasteiger partial charge >= 0.3 is 0 Å². The molecule has 26 heavy (non-hydrogen) atoms. The topological polar surface area (TPSA) is 59.5 Å². The summed E-state index contributed by atoms with van der Waals surface area (Å²) in [6.45, 7) is -1.15. The lowest BCUT2D eigenvalue weighted by Gasteiger charge is -2.30. The summed E-state index contributed by atoms with van der Waals surface area (Å²) in [6, 6.07) is 6.73. The van der Waals surface area contributed by atoms with E-state index in [0.717, 1.165) is 11.3 Å². The molecule has 0 atom stereocenters. The molecule has 136 valence electrons. The van der Waals surface area contributed by atoms with Crippen LogP contribution in [-0.4, -0.2) is 33.0 Å². The molecular formula is C16H11F2IN2O3S2. The van der Waals surface area contributed by atoms with Crippen molar-refractivity contribution >= 4 is 60.4 Å².